The summed E-state index contributed by atoms with van der Waals surface area (Å²) in [5.41, 5.74) is 2.56. The highest BCUT2D eigenvalue weighted by molar-refractivity contribution is 5.76. The van der Waals surface area contributed by atoms with Gasteiger partial charge in [0.15, 0.2) is 0 Å². The second-order valence-electron chi connectivity index (χ2n) is 8.20. The molecular formula is C24H28FN5O2. The summed E-state index contributed by atoms with van der Waals surface area (Å²) in [5, 5.41) is 4.66. The molecule has 0 aliphatic carbocycles. The van der Waals surface area contributed by atoms with E-state index in [0.29, 0.717) is 26.2 Å². The molecule has 0 N–H and O–H groups in total. The maximum absolute atomic E-state index is 13.3. The summed E-state index contributed by atoms with van der Waals surface area (Å²) in [6, 6.07) is 12.0. The number of halogens is 1. The van der Waals surface area contributed by atoms with Crippen molar-refractivity contribution in [1.29, 1.82) is 0 Å². The number of hydrogen-bond acceptors (Lipinski definition) is 5. The summed E-state index contributed by atoms with van der Waals surface area (Å²) in [6.45, 7) is 7.01. The molecule has 1 aliphatic rings. The lowest BCUT2D eigenvalue weighted by Crippen LogP contribution is -2.50. The maximum atomic E-state index is 13.3. The van der Waals surface area contributed by atoms with E-state index in [9.17, 15) is 9.18 Å². The number of methoxy groups -OCH3 is 1. The van der Waals surface area contributed by atoms with Crippen molar-refractivity contribution in [3.05, 3.63) is 60.2 Å². The average Bonchev–Trinajstić information content (AvgIpc) is 3.23. The van der Waals surface area contributed by atoms with Crippen LogP contribution in [-0.4, -0.2) is 58.9 Å². The van der Waals surface area contributed by atoms with Gasteiger partial charge in [-0.1, -0.05) is 13.8 Å². The van der Waals surface area contributed by atoms with Crippen LogP contribution in [0.3, 0.4) is 0 Å². The number of amides is 1. The summed E-state index contributed by atoms with van der Waals surface area (Å²) < 4.78 is 20.3. The monoisotopic (exact) mass is 437 g/mol. The number of ether oxygens (including phenoxy) is 1. The Bertz CT molecular complexity index is 1070. The number of piperazine rings is 1. The molecule has 0 spiro atoms. The highest BCUT2D eigenvalue weighted by Crippen LogP contribution is 2.24. The molecule has 3 aromatic rings. The molecule has 0 saturated carbocycles. The van der Waals surface area contributed by atoms with Crippen LogP contribution in [0.5, 0.6) is 5.75 Å². The molecule has 1 aromatic carbocycles. The van der Waals surface area contributed by atoms with Crippen molar-refractivity contribution >= 4 is 11.7 Å². The zero-order valence-corrected chi connectivity index (χ0v) is 18.7. The molecule has 3 heterocycles. The van der Waals surface area contributed by atoms with E-state index in [1.807, 2.05) is 23.1 Å². The normalized spacial score (nSPS) is 14.2. The topological polar surface area (TPSA) is 63.5 Å². The van der Waals surface area contributed by atoms with Crippen LogP contribution < -0.4 is 9.64 Å². The minimum atomic E-state index is -0.282. The van der Waals surface area contributed by atoms with Gasteiger partial charge in [-0.05, 0) is 42.3 Å². The Kier molecular flexibility index (Phi) is 6.39. The Labute approximate surface area is 187 Å². The number of pyridine rings is 1. The summed E-state index contributed by atoms with van der Waals surface area (Å²) in [5.74, 6) is 1.59. The minimum absolute atomic E-state index is 0.0407. The van der Waals surface area contributed by atoms with Crippen LogP contribution in [0.1, 0.15) is 25.5 Å². The molecule has 0 radical (unpaired) electrons. The highest BCUT2D eigenvalue weighted by atomic mass is 19.1. The number of aromatic nitrogens is 3. The van der Waals surface area contributed by atoms with Gasteiger partial charge in [0.05, 0.1) is 12.8 Å². The van der Waals surface area contributed by atoms with Gasteiger partial charge in [0.2, 0.25) is 5.91 Å². The van der Waals surface area contributed by atoms with Crippen molar-refractivity contribution in [3.8, 4) is 17.0 Å². The number of nitrogens with zero attached hydrogens (tertiary/aromatic N) is 5. The summed E-state index contributed by atoms with van der Waals surface area (Å²) >= 11 is 0. The zero-order valence-electron chi connectivity index (χ0n) is 18.7. The van der Waals surface area contributed by atoms with Gasteiger partial charge in [0, 0.05) is 49.7 Å². The second kappa shape index (κ2) is 9.38. The largest absolute Gasteiger partial charge is 0.497 e. The van der Waals surface area contributed by atoms with Crippen molar-refractivity contribution in [2.75, 3.05) is 38.2 Å². The van der Waals surface area contributed by atoms with Gasteiger partial charge < -0.3 is 14.5 Å². The fraction of sp³-hybridized carbons (Fsp3) is 0.375. The molecule has 0 atom stereocenters. The predicted octanol–water partition coefficient (Wildman–Crippen LogP) is 3.57. The number of benzene rings is 1. The maximum Gasteiger partial charge on any atom is 0.244 e. The number of hydrogen-bond donors (Lipinski definition) is 0. The quantitative estimate of drug-likeness (QED) is 0.590. The Hall–Kier alpha value is -3.42. The van der Waals surface area contributed by atoms with Gasteiger partial charge in [-0.25, -0.2) is 9.37 Å². The number of rotatable bonds is 6. The SMILES string of the molecule is COc1ccnc(N2CCN(C(=O)Cn3nc(-c4ccc(F)cc4)cc3C(C)C)CC2)c1. The molecular weight excluding hydrogens is 409 g/mol. The first-order chi connectivity index (χ1) is 15.4. The highest BCUT2D eigenvalue weighted by Gasteiger charge is 2.24. The van der Waals surface area contributed by atoms with Crippen LogP contribution >= 0.6 is 0 Å². The van der Waals surface area contributed by atoms with Crippen LogP contribution in [0.15, 0.2) is 48.7 Å². The third-order valence-corrected chi connectivity index (χ3v) is 5.74. The predicted molar refractivity (Wildman–Crippen MR) is 121 cm³/mol. The van der Waals surface area contributed by atoms with E-state index in [1.54, 1.807) is 30.1 Å². The Morgan fingerprint density at radius 3 is 2.47 bits per heavy atom. The molecule has 1 aliphatic heterocycles. The van der Waals surface area contributed by atoms with Crippen molar-refractivity contribution in [3.63, 3.8) is 0 Å². The van der Waals surface area contributed by atoms with Crippen molar-refractivity contribution in [1.82, 2.24) is 19.7 Å². The lowest BCUT2D eigenvalue weighted by Gasteiger charge is -2.35. The molecule has 32 heavy (non-hydrogen) atoms. The van der Waals surface area contributed by atoms with Crippen LogP contribution in [-0.2, 0) is 11.3 Å². The third kappa shape index (κ3) is 4.74. The molecule has 1 amide bonds. The van der Waals surface area contributed by atoms with Crippen LogP contribution in [0.4, 0.5) is 10.2 Å². The molecule has 1 saturated heterocycles. The smallest absolute Gasteiger partial charge is 0.244 e. The fourth-order valence-corrected chi connectivity index (χ4v) is 3.90. The molecule has 8 heteroatoms. The zero-order chi connectivity index (χ0) is 22.7. The summed E-state index contributed by atoms with van der Waals surface area (Å²) in [7, 11) is 1.64. The van der Waals surface area contributed by atoms with Crippen LogP contribution in [0.25, 0.3) is 11.3 Å². The van der Waals surface area contributed by atoms with E-state index >= 15 is 0 Å². The lowest BCUT2D eigenvalue weighted by molar-refractivity contribution is -0.132. The van der Waals surface area contributed by atoms with Crippen molar-refractivity contribution < 1.29 is 13.9 Å². The second-order valence-corrected chi connectivity index (χ2v) is 8.20. The average molecular weight is 438 g/mol. The standard InChI is InChI=1S/C24H28FN5O2/c1-17(2)22-15-21(18-4-6-19(25)7-5-18)27-30(22)16-24(31)29-12-10-28(11-13-29)23-14-20(32-3)8-9-26-23/h4-9,14-15,17H,10-13,16H2,1-3H3. The van der Waals surface area contributed by atoms with E-state index < -0.39 is 0 Å². The Balaban J connectivity index is 1.43. The molecule has 0 bridgehead atoms. The van der Waals surface area contributed by atoms with Gasteiger partial charge in [0.1, 0.15) is 23.9 Å². The lowest BCUT2D eigenvalue weighted by atomic mass is 10.1. The number of carbonyl (C=O) groups is 1. The number of anilines is 1. The molecule has 1 fully saturated rings. The Morgan fingerprint density at radius 1 is 1.09 bits per heavy atom. The van der Waals surface area contributed by atoms with E-state index in [2.05, 4.69) is 28.8 Å². The van der Waals surface area contributed by atoms with Gasteiger partial charge in [-0.15, -0.1) is 0 Å². The first kappa shape index (κ1) is 21.8. The van der Waals surface area contributed by atoms with Gasteiger partial charge >= 0.3 is 0 Å². The van der Waals surface area contributed by atoms with E-state index in [4.69, 9.17) is 4.74 Å². The molecule has 168 valence electrons. The van der Waals surface area contributed by atoms with E-state index in [-0.39, 0.29) is 24.2 Å². The third-order valence-electron chi connectivity index (χ3n) is 5.74. The molecule has 0 unspecified atom stereocenters. The van der Waals surface area contributed by atoms with Crippen LogP contribution in [0, 0.1) is 5.82 Å². The van der Waals surface area contributed by atoms with Gasteiger partial charge in [-0.3, -0.25) is 9.48 Å². The molecule has 2 aromatic heterocycles. The minimum Gasteiger partial charge on any atom is -0.497 e. The van der Waals surface area contributed by atoms with Crippen LogP contribution in [0.2, 0.25) is 0 Å². The Morgan fingerprint density at radius 2 is 1.81 bits per heavy atom. The van der Waals surface area contributed by atoms with Crippen molar-refractivity contribution in [2.45, 2.75) is 26.3 Å². The van der Waals surface area contributed by atoms with E-state index in [1.165, 1.54) is 12.1 Å². The molecule has 7 nitrogen and oxygen atoms in total. The first-order valence-corrected chi connectivity index (χ1v) is 10.8. The van der Waals surface area contributed by atoms with Crippen molar-refractivity contribution in [2.24, 2.45) is 0 Å². The van der Waals surface area contributed by atoms with E-state index in [0.717, 1.165) is 28.5 Å². The summed E-state index contributed by atoms with van der Waals surface area (Å²) in [4.78, 5) is 21.5. The summed E-state index contributed by atoms with van der Waals surface area (Å²) in [6.07, 6.45) is 1.73. The van der Waals surface area contributed by atoms with Gasteiger partial charge in [0.25, 0.3) is 0 Å². The first-order valence-electron chi connectivity index (χ1n) is 10.8. The number of carbonyl (C=O) groups excluding carboxylic acids is 1. The fourth-order valence-electron chi connectivity index (χ4n) is 3.90. The molecule has 4 rings (SSSR count). The van der Waals surface area contributed by atoms with Gasteiger partial charge in [-0.2, -0.15) is 5.10 Å².